The topological polar surface area (TPSA) is 90.7 Å². The highest BCUT2D eigenvalue weighted by molar-refractivity contribution is 7.22. The van der Waals surface area contributed by atoms with Gasteiger partial charge in [-0.3, -0.25) is 5.32 Å². The number of urea groups is 1. The summed E-state index contributed by atoms with van der Waals surface area (Å²) in [6.45, 7) is 0. The van der Waals surface area contributed by atoms with Crippen LogP contribution in [0.25, 0.3) is 20.8 Å². The van der Waals surface area contributed by atoms with Crippen LogP contribution in [0.5, 0.6) is 0 Å². The normalized spacial score (nSPS) is 10.4. The zero-order valence-corrected chi connectivity index (χ0v) is 14.6. The Balaban J connectivity index is 2.14. The molecule has 9 heteroatoms. The second kappa shape index (κ2) is 6.61. The van der Waals surface area contributed by atoms with E-state index in [-0.39, 0.29) is 6.03 Å². The summed E-state index contributed by atoms with van der Waals surface area (Å²) < 4.78 is 0.701. The van der Waals surface area contributed by atoms with Gasteiger partial charge in [-0.2, -0.15) is 5.26 Å². The molecule has 24 heavy (non-hydrogen) atoms. The number of pyridine rings is 1. The first-order valence-corrected chi connectivity index (χ1v) is 8.24. The van der Waals surface area contributed by atoms with Gasteiger partial charge in [0.05, 0.1) is 31.9 Å². The molecule has 0 saturated carbocycles. The summed E-state index contributed by atoms with van der Waals surface area (Å²) in [6, 6.07) is 6.43. The Morgan fingerprint density at radius 2 is 2.04 bits per heavy atom. The van der Waals surface area contributed by atoms with Crippen LogP contribution in [-0.2, 0) is 0 Å². The van der Waals surface area contributed by atoms with Gasteiger partial charge in [0.15, 0.2) is 5.82 Å². The fraction of sp³-hybridized carbons (Fsp3) is 0.0667. The molecule has 2 aromatic heterocycles. The minimum Gasteiger partial charge on any atom is -0.341 e. The number of thiazole rings is 1. The number of amides is 2. The molecule has 0 fully saturated rings. The summed E-state index contributed by atoms with van der Waals surface area (Å²) in [5.41, 5.74) is 1.58. The van der Waals surface area contributed by atoms with E-state index in [2.05, 4.69) is 20.6 Å². The number of nitrogens with one attached hydrogen (secondary N) is 2. The molecule has 2 N–H and O–H groups in total. The van der Waals surface area contributed by atoms with Crippen LogP contribution in [0.3, 0.4) is 0 Å². The van der Waals surface area contributed by atoms with Gasteiger partial charge in [0, 0.05) is 18.8 Å². The van der Waals surface area contributed by atoms with Gasteiger partial charge in [0.1, 0.15) is 5.01 Å². The molecule has 1 aromatic carbocycles. The van der Waals surface area contributed by atoms with Gasteiger partial charge in [-0.25, -0.2) is 14.8 Å². The van der Waals surface area contributed by atoms with Crippen molar-refractivity contribution in [1.82, 2.24) is 15.3 Å². The van der Waals surface area contributed by atoms with Crippen molar-refractivity contribution in [2.75, 3.05) is 12.4 Å². The summed E-state index contributed by atoms with van der Waals surface area (Å²) in [6.07, 6.45) is 1.55. The van der Waals surface area contributed by atoms with E-state index in [1.807, 2.05) is 6.07 Å². The van der Waals surface area contributed by atoms with Crippen LogP contribution in [-0.4, -0.2) is 23.0 Å². The number of nitrogens with zero attached hydrogens (tertiary/aromatic N) is 3. The van der Waals surface area contributed by atoms with E-state index in [1.165, 1.54) is 30.5 Å². The molecule has 0 atom stereocenters. The second-order valence-electron chi connectivity index (χ2n) is 4.66. The van der Waals surface area contributed by atoms with Gasteiger partial charge in [0.2, 0.25) is 0 Å². The third-order valence-corrected chi connectivity index (χ3v) is 4.84. The average Bonchev–Trinajstić information content (AvgIpc) is 2.98. The maximum atomic E-state index is 11.5. The van der Waals surface area contributed by atoms with Crippen molar-refractivity contribution in [3.8, 4) is 16.6 Å². The van der Waals surface area contributed by atoms with Crippen molar-refractivity contribution >= 4 is 56.6 Å². The maximum absolute atomic E-state index is 11.5. The lowest BCUT2D eigenvalue weighted by molar-refractivity contribution is 0.254. The number of anilines is 1. The number of nitriles is 1. The number of carbonyl (C=O) groups excluding carboxylic acids is 1. The number of hydrogen-bond donors (Lipinski definition) is 2. The van der Waals surface area contributed by atoms with Crippen molar-refractivity contribution in [1.29, 1.82) is 5.26 Å². The molecular formula is C15H9Cl2N5OS. The van der Waals surface area contributed by atoms with E-state index >= 15 is 0 Å². The number of hydrogen-bond acceptors (Lipinski definition) is 5. The fourth-order valence-electron chi connectivity index (χ4n) is 2.06. The lowest BCUT2D eigenvalue weighted by Crippen LogP contribution is -2.24. The Morgan fingerprint density at radius 3 is 2.67 bits per heavy atom. The molecule has 6 nitrogen and oxygen atoms in total. The number of aromatic nitrogens is 2. The van der Waals surface area contributed by atoms with E-state index < -0.39 is 0 Å². The number of benzene rings is 1. The average molecular weight is 378 g/mol. The van der Waals surface area contributed by atoms with E-state index in [9.17, 15) is 4.79 Å². The van der Waals surface area contributed by atoms with Crippen LogP contribution in [0.15, 0.2) is 24.4 Å². The summed E-state index contributed by atoms with van der Waals surface area (Å²) in [5, 5.41) is 15.3. The number of halogens is 2. The molecule has 3 aromatic rings. The molecule has 0 radical (unpaired) electrons. The molecule has 120 valence electrons. The van der Waals surface area contributed by atoms with Crippen molar-refractivity contribution in [3.05, 3.63) is 40.0 Å². The van der Waals surface area contributed by atoms with Gasteiger partial charge in [-0.1, -0.05) is 23.2 Å². The van der Waals surface area contributed by atoms with Gasteiger partial charge >= 0.3 is 6.03 Å². The third-order valence-electron chi connectivity index (χ3n) is 3.15. The molecular weight excluding hydrogens is 369 g/mol. The van der Waals surface area contributed by atoms with Crippen molar-refractivity contribution in [2.24, 2.45) is 0 Å². The predicted octanol–water partition coefficient (Wildman–Crippen LogP) is 4.29. The first-order chi connectivity index (χ1) is 11.5. The highest BCUT2D eigenvalue weighted by atomic mass is 35.5. The largest absolute Gasteiger partial charge is 0.341 e. The monoisotopic (exact) mass is 377 g/mol. The molecule has 0 saturated heterocycles. The molecule has 0 bridgehead atoms. The van der Waals surface area contributed by atoms with Crippen molar-refractivity contribution < 1.29 is 4.79 Å². The molecule has 2 amide bonds. The van der Waals surface area contributed by atoms with Crippen LogP contribution in [0, 0.1) is 11.3 Å². The number of rotatable bonds is 2. The van der Waals surface area contributed by atoms with E-state index in [1.54, 1.807) is 12.3 Å². The maximum Gasteiger partial charge on any atom is 0.320 e. The summed E-state index contributed by atoms with van der Waals surface area (Å²) in [5.74, 6) is 0.400. The van der Waals surface area contributed by atoms with Crippen LogP contribution in [0.1, 0.15) is 5.56 Å². The van der Waals surface area contributed by atoms with Crippen LogP contribution in [0.4, 0.5) is 10.6 Å². The minimum absolute atomic E-state index is 0.340. The van der Waals surface area contributed by atoms with E-state index in [0.29, 0.717) is 42.2 Å². The standard InChI is InChI=1S/C15H9Cl2N5OS/c1-19-15(23)22-13-12-10(2-3-20-13)21-14(24-12)11-8(16)4-7(6-18)5-9(11)17/h2-5H,1H3,(H2,19,20,22,23). The first-order valence-electron chi connectivity index (χ1n) is 6.67. The first kappa shape index (κ1) is 16.5. The summed E-state index contributed by atoms with van der Waals surface area (Å²) in [7, 11) is 1.52. The zero-order chi connectivity index (χ0) is 17.3. The highest BCUT2D eigenvalue weighted by Gasteiger charge is 2.17. The molecule has 0 unspecified atom stereocenters. The number of carbonyl (C=O) groups is 1. The summed E-state index contributed by atoms with van der Waals surface area (Å²) >= 11 is 13.8. The molecule has 3 rings (SSSR count). The fourth-order valence-corrected chi connectivity index (χ4v) is 3.92. The Kier molecular flexibility index (Phi) is 4.53. The Hall–Kier alpha value is -2.40. The molecule has 0 aliphatic rings. The molecule has 0 aliphatic heterocycles. The van der Waals surface area contributed by atoms with Gasteiger partial charge < -0.3 is 5.32 Å². The predicted molar refractivity (Wildman–Crippen MR) is 95.7 cm³/mol. The lowest BCUT2D eigenvalue weighted by Gasteiger charge is -2.04. The lowest BCUT2D eigenvalue weighted by atomic mass is 10.1. The third kappa shape index (κ3) is 2.99. The van der Waals surface area contributed by atoms with E-state index in [0.717, 1.165) is 0 Å². The molecule has 0 aliphatic carbocycles. The van der Waals surface area contributed by atoms with Crippen LogP contribution >= 0.6 is 34.5 Å². The summed E-state index contributed by atoms with van der Waals surface area (Å²) in [4.78, 5) is 20.2. The Morgan fingerprint density at radius 1 is 1.33 bits per heavy atom. The van der Waals surface area contributed by atoms with Crippen LogP contribution < -0.4 is 10.6 Å². The number of fused-ring (bicyclic) bond motifs is 1. The second-order valence-corrected chi connectivity index (χ2v) is 6.47. The van der Waals surface area contributed by atoms with Crippen LogP contribution in [0.2, 0.25) is 10.0 Å². The van der Waals surface area contributed by atoms with Gasteiger partial charge in [0.25, 0.3) is 0 Å². The quantitative estimate of drug-likeness (QED) is 0.696. The van der Waals surface area contributed by atoms with Crippen molar-refractivity contribution in [2.45, 2.75) is 0 Å². The minimum atomic E-state index is -0.376. The van der Waals surface area contributed by atoms with E-state index in [4.69, 9.17) is 28.5 Å². The van der Waals surface area contributed by atoms with Crippen molar-refractivity contribution in [3.63, 3.8) is 0 Å². The Bertz CT molecular complexity index is 972. The van der Waals surface area contributed by atoms with Gasteiger partial charge in [-0.05, 0) is 18.2 Å². The highest BCUT2D eigenvalue weighted by Crippen LogP contribution is 2.40. The smallest absolute Gasteiger partial charge is 0.320 e. The van der Waals surface area contributed by atoms with Gasteiger partial charge in [-0.15, -0.1) is 11.3 Å². The Labute approximate surface area is 151 Å². The SMILES string of the molecule is CNC(=O)Nc1nccc2nc(-c3c(Cl)cc(C#N)cc3Cl)sc12. The molecule has 2 heterocycles. The zero-order valence-electron chi connectivity index (χ0n) is 12.2. The molecule has 0 spiro atoms.